The van der Waals surface area contributed by atoms with Gasteiger partial charge in [-0.1, -0.05) is 13.8 Å². The second kappa shape index (κ2) is 6.65. The minimum atomic E-state index is -3.40. The number of hydrogen-bond acceptors (Lipinski definition) is 4. The van der Waals surface area contributed by atoms with Crippen LogP contribution in [-0.4, -0.2) is 21.5 Å². The predicted molar refractivity (Wildman–Crippen MR) is 76.5 cm³/mol. The molecule has 1 rings (SSSR count). The van der Waals surface area contributed by atoms with Crippen LogP contribution in [0.5, 0.6) is 0 Å². The van der Waals surface area contributed by atoms with E-state index >= 15 is 0 Å². The zero-order chi connectivity index (χ0) is 13.8. The van der Waals surface area contributed by atoms with Gasteiger partial charge in [-0.15, -0.1) is 11.3 Å². The largest absolute Gasteiger partial charge is 0.315 e. The third kappa shape index (κ3) is 3.54. The average molecular weight is 290 g/mol. The lowest BCUT2D eigenvalue weighted by Crippen LogP contribution is -2.34. The van der Waals surface area contributed by atoms with Gasteiger partial charge in [0.2, 0.25) is 10.0 Å². The van der Waals surface area contributed by atoms with E-state index in [0.29, 0.717) is 11.4 Å². The quantitative estimate of drug-likeness (QED) is 0.809. The van der Waals surface area contributed by atoms with Crippen molar-refractivity contribution < 1.29 is 8.42 Å². The Bertz CT molecular complexity index is 476. The van der Waals surface area contributed by atoms with Crippen LogP contribution in [0.4, 0.5) is 0 Å². The Balaban J connectivity index is 3.07. The first kappa shape index (κ1) is 15.6. The molecule has 1 aromatic heterocycles. The van der Waals surface area contributed by atoms with Crippen molar-refractivity contribution >= 4 is 21.4 Å². The fourth-order valence-corrected chi connectivity index (χ4v) is 5.09. The van der Waals surface area contributed by atoms with E-state index in [0.717, 1.165) is 23.3 Å². The highest BCUT2D eigenvalue weighted by molar-refractivity contribution is 7.89. The maximum atomic E-state index is 12.4. The number of nitrogens with one attached hydrogen (secondary N) is 2. The van der Waals surface area contributed by atoms with E-state index in [1.807, 2.05) is 33.2 Å². The molecule has 0 atom stereocenters. The van der Waals surface area contributed by atoms with E-state index in [1.165, 1.54) is 11.3 Å². The van der Waals surface area contributed by atoms with Gasteiger partial charge in [-0.05, 0) is 37.8 Å². The molecule has 1 aromatic rings. The van der Waals surface area contributed by atoms with Crippen LogP contribution in [0, 0.1) is 6.92 Å². The zero-order valence-corrected chi connectivity index (χ0v) is 13.0. The van der Waals surface area contributed by atoms with Gasteiger partial charge in [-0.2, -0.15) is 0 Å². The number of aryl methyl sites for hydroxylation is 1. The average Bonchev–Trinajstić information content (AvgIpc) is 2.68. The molecule has 0 fully saturated rings. The monoisotopic (exact) mass is 290 g/mol. The summed E-state index contributed by atoms with van der Waals surface area (Å²) in [5, 5.41) is 4.91. The summed E-state index contributed by atoms with van der Waals surface area (Å²) in [6, 6.07) is 0.0109. The van der Waals surface area contributed by atoms with Crippen molar-refractivity contribution in [3.63, 3.8) is 0 Å². The Morgan fingerprint density at radius 1 is 1.33 bits per heavy atom. The van der Waals surface area contributed by atoms with Gasteiger partial charge < -0.3 is 5.32 Å². The van der Waals surface area contributed by atoms with Gasteiger partial charge in [-0.3, -0.25) is 0 Å². The number of sulfonamides is 1. The lowest BCUT2D eigenvalue weighted by molar-refractivity contribution is 0.529. The first-order chi connectivity index (χ1) is 8.46. The Labute approximate surface area is 114 Å². The molecule has 0 aliphatic heterocycles. The predicted octanol–water partition coefficient (Wildman–Crippen LogP) is 2.24. The van der Waals surface area contributed by atoms with Crippen LogP contribution in [0.3, 0.4) is 0 Å². The molecule has 0 bridgehead atoms. The summed E-state index contributed by atoms with van der Waals surface area (Å²) in [6.07, 6.45) is 1.61. The molecule has 0 amide bonds. The van der Waals surface area contributed by atoms with Crippen molar-refractivity contribution in [3.8, 4) is 0 Å². The van der Waals surface area contributed by atoms with Crippen LogP contribution in [-0.2, 0) is 16.6 Å². The summed E-state index contributed by atoms with van der Waals surface area (Å²) in [7, 11) is -1.58. The summed E-state index contributed by atoms with van der Waals surface area (Å²) in [5.74, 6) is 0. The van der Waals surface area contributed by atoms with Gasteiger partial charge in [-0.25, -0.2) is 13.1 Å². The normalized spacial score (nSPS) is 12.3. The maximum absolute atomic E-state index is 12.4. The lowest BCUT2D eigenvalue weighted by Gasteiger charge is -2.16. The van der Waals surface area contributed by atoms with Crippen molar-refractivity contribution in [1.82, 2.24) is 10.0 Å². The van der Waals surface area contributed by atoms with Crippen LogP contribution >= 0.6 is 11.3 Å². The molecule has 0 aliphatic rings. The molecule has 18 heavy (non-hydrogen) atoms. The molecule has 104 valence electrons. The highest BCUT2D eigenvalue weighted by Crippen LogP contribution is 2.27. The van der Waals surface area contributed by atoms with Gasteiger partial charge in [0.25, 0.3) is 0 Å². The van der Waals surface area contributed by atoms with Crippen molar-refractivity contribution in [2.75, 3.05) is 7.05 Å². The van der Waals surface area contributed by atoms with E-state index < -0.39 is 10.0 Å². The molecule has 0 saturated heterocycles. The maximum Gasteiger partial charge on any atom is 0.242 e. The number of thiophene rings is 1. The zero-order valence-electron chi connectivity index (χ0n) is 11.4. The van der Waals surface area contributed by atoms with Crippen LogP contribution in [0.15, 0.2) is 10.3 Å². The van der Waals surface area contributed by atoms with E-state index in [-0.39, 0.29) is 6.04 Å². The van der Waals surface area contributed by atoms with E-state index in [9.17, 15) is 8.42 Å². The SMILES string of the molecule is CCC(CC)NS(=O)(=O)c1c(C)csc1CNC. The molecule has 0 aliphatic carbocycles. The first-order valence-electron chi connectivity index (χ1n) is 6.20. The smallest absolute Gasteiger partial charge is 0.242 e. The highest BCUT2D eigenvalue weighted by Gasteiger charge is 2.24. The second-order valence-electron chi connectivity index (χ2n) is 4.34. The van der Waals surface area contributed by atoms with Gasteiger partial charge >= 0.3 is 0 Å². The fraction of sp³-hybridized carbons (Fsp3) is 0.667. The Morgan fingerprint density at radius 2 is 1.94 bits per heavy atom. The molecule has 4 nitrogen and oxygen atoms in total. The minimum absolute atomic E-state index is 0.0109. The summed E-state index contributed by atoms with van der Waals surface area (Å²) in [5.41, 5.74) is 0.823. The second-order valence-corrected chi connectivity index (χ2v) is 6.95. The van der Waals surface area contributed by atoms with Gasteiger partial charge in [0, 0.05) is 17.5 Å². The topological polar surface area (TPSA) is 58.2 Å². The fourth-order valence-electron chi connectivity index (χ4n) is 1.86. The van der Waals surface area contributed by atoms with Gasteiger partial charge in [0.1, 0.15) is 4.90 Å². The third-order valence-corrected chi connectivity index (χ3v) is 5.89. The van der Waals surface area contributed by atoms with Crippen LogP contribution in [0.2, 0.25) is 0 Å². The molecule has 6 heteroatoms. The molecule has 0 aromatic carbocycles. The Morgan fingerprint density at radius 3 is 2.44 bits per heavy atom. The molecular weight excluding hydrogens is 268 g/mol. The number of hydrogen-bond donors (Lipinski definition) is 2. The van der Waals surface area contributed by atoms with E-state index in [1.54, 1.807) is 0 Å². The van der Waals surface area contributed by atoms with Crippen LogP contribution < -0.4 is 10.0 Å². The minimum Gasteiger partial charge on any atom is -0.315 e. The van der Waals surface area contributed by atoms with E-state index in [2.05, 4.69) is 10.0 Å². The molecular formula is C12H22N2O2S2. The molecule has 0 unspecified atom stereocenters. The first-order valence-corrected chi connectivity index (χ1v) is 8.56. The van der Waals surface area contributed by atoms with Crippen molar-refractivity contribution in [1.29, 1.82) is 0 Å². The lowest BCUT2D eigenvalue weighted by atomic mass is 10.2. The third-order valence-electron chi connectivity index (χ3n) is 2.90. The molecule has 0 radical (unpaired) electrons. The van der Waals surface area contributed by atoms with Crippen LogP contribution in [0.25, 0.3) is 0 Å². The summed E-state index contributed by atoms with van der Waals surface area (Å²) >= 11 is 1.49. The molecule has 2 N–H and O–H groups in total. The van der Waals surface area contributed by atoms with Crippen molar-refractivity contribution in [3.05, 3.63) is 15.8 Å². The summed E-state index contributed by atoms with van der Waals surface area (Å²) < 4.78 is 27.6. The highest BCUT2D eigenvalue weighted by atomic mass is 32.2. The van der Waals surface area contributed by atoms with Gasteiger partial charge in [0.05, 0.1) is 0 Å². The summed E-state index contributed by atoms with van der Waals surface area (Å²) in [6.45, 7) is 6.41. The van der Waals surface area contributed by atoms with Crippen molar-refractivity contribution in [2.45, 2.75) is 51.1 Å². The Hall–Kier alpha value is -0.430. The Kier molecular flexibility index (Phi) is 5.78. The molecule has 0 spiro atoms. The van der Waals surface area contributed by atoms with Crippen molar-refractivity contribution in [2.24, 2.45) is 0 Å². The molecule has 1 heterocycles. The van der Waals surface area contributed by atoms with Gasteiger partial charge in [0.15, 0.2) is 0 Å². The van der Waals surface area contributed by atoms with E-state index in [4.69, 9.17) is 0 Å². The van der Waals surface area contributed by atoms with Crippen LogP contribution in [0.1, 0.15) is 37.1 Å². The summed E-state index contributed by atoms with van der Waals surface area (Å²) in [4.78, 5) is 1.32. The number of rotatable bonds is 7. The standard InChI is InChI=1S/C12H22N2O2S2/c1-5-10(6-2)14-18(15,16)12-9(3)8-17-11(12)7-13-4/h8,10,13-14H,5-7H2,1-4H3. The molecule has 0 saturated carbocycles.